The van der Waals surface area contributed by atoms with Crippen LogP contribution in [0.1, 0.15) is 293 Å². The van der Waals surface area contributed by atoms with Crippen molar-refractivity contribution < 1.29 is 101 Å². The van der Waals surface area contributed by atoms with Gasteiger partial charge in [-0.25, -0.2) is 19.4 Å². The molecule has 4 spiro atoms. The molecular formula is C98H141BN4NaO15. The molecule has 2 amide bonds. The van der Waals surface area contributed by atoms with Gasteiger partial charge in [0.2, 0.25) is 17.8 Å². The summed E-state index contributed by atoms with van der Waals surface area (Å²) in [7, 11) is 4.32. The number of carbonyl (C=O) groups excluding carboxylic acids is 10. The van der Waals surface area contributed by atoms with Crippen LogP contribution in [0.25, 0.3) is 0 Å². The number of aryl methyl sites for hydroxylation is 2. The van der Waals surface area contributed by atoms with Crippen LogP contribution < -0.4 is 45.5 Å². The van der Waals surface area contributed by atoms with Gasteiger partial charge in [0.15, 0.2) is 11.6 Å². The molecule has 12 fully saturated rings. The summed E-state index contributed by atoms with van der Waals surface area (Å²) >= 11 is 0. The van der Waals surface area contributed by atoms with E-state index in [1.165, 1.54) is 106 Å². The van der Waals surface area contributed by atoms with Crippen molar-refractivity contribution >= 4 is 67.2 Å². The van der Waals surface area contributed by atoms with Crippen molar-refractivity contribution in [2.45, 2.75) is 330 Å². The largest absolute Gasteiger partial charge is 1.00 e. The molecule has 16 rings (SSSR count). The number of benzene rings is 2. The van der Waals surface area contributed by atoms with Gasteiger partial charge in [0.05, 0.1) is 23.4 Å². The molecule has 3 N–H and O–H groups in total. The van der Waals surface area contributed by atoms with Crippen molar-refractivity contribution in [1.29, 1.82) is 0 Å². The number of rotatable bonds is 25. The number of fused-ring (bicyclic) bond motifs is 12. The monoisotopic (exact) mass is 1650 g/mol. The van der Waals surface area contributed by atoms with Crippen LogP contribution in [0.4, 0.5) is 0 Å². The number of unbranched alkanes of at least 4 members (excludes halogenated alkanes) is 4. The molecule has 22 atom stereocenters. The van der Waals surface area contributed by atoms with Gasteiger partial charge in [-0.05, 0) is 253 Å². The van der Waals surface area contributed by atoms with Gasteiger partial charge in [-0.3, -0.25) is 38.5 Å². The molecule has 21 heteroatoms. The third kappa shape index (κ3) is 19.9. The van der Waals surface area contributed by atoms with Crippen molar-refractivity contribution in [2.75, 3.05) is 32.7 Å². The molecule has 2 aromatic rings. The normalized spacial score (nSPS) is 37.0. The Morgan fingerprint density at radius 1 is 0.546 bits per heavy atom. The Balaban J connectivity index is 0.000000175. The Kier molecular flexibility index (Phi) is 31.8. The van der Waals surface area contributed by atoms with Crippen molar-refractivity contribution in [3.05, 3.63) is 95.1 Å². The van der Waals surface area contributed by atoms with E-state index in [1.807, 2.05) is 48.5 Å². The van der Waals surface area contributed by atoms with Crippen LogP contribution in [-0.2, 0) is 84.7 Å². The number of likely N-dealkylation sites (tertiary alicyclic amines) is 1. The van der Waals surface area contributed by atoms with E-state index in [-0.39, 0.29) is 74.6 Å². The molecule has 4 aliphatic heterocycles. The second kappa shape index (κ2) is 40.2. The summed E-state index contributed by atoms with van der Waals surface area (Å²) in [5, 5.41) is 9.85. The first-order valence-corrected chi connectivity index (χ1v) is 46.0. The van der Waals surface area contributed by atoms with Crippen LogP contribution in [0.5, 0.6) is 0 Å². The van der Waals surface area contributed by atoms with Crippen LogP contribution in [-0.4, -0.2) is 140 Å². The second-order valence-electron chi connectivity index (χ2n) is 40.0. The Hall–Kier alpha value is -5.48. The van der Waals surface area contributed by atoms with E-state index < -0.39 is 17.9 Å². The first kappa shape index (κ1) is 94.2. The van der Waals surface area contributed by atoms with E-state index in [1.54, 1.807) is 0 Å². The van der Waals surface area contributed by atoms with Gasteiger partial charge in [0.25, 0.3) is 0 Å². The second-order valence-corrected chi connectivity index (χ2v) is 40.0. The van der Waals surface area contributed by atoms with E-state index in [0.717, 1.165) is 178 Å². The molecule has 10 aliphatic carbocycles. The fraction of sp³-hybridized carbons (Fsp3) is 0.735. The van der Waals surface area contributed by atoms with Crippen LogP contribution in [0.3, 0.4) is 0 Å². The molecule has 3 radical (unpaired) electrons. The number of ketones is 4. The number of hydrogen-bond donors (Lipinski definition) is 3. The summed E-state index contributed by atoms with van der Waals surface area (Å²) in [6, 6.07) is 21.1. The van der Waals surface area contributed by atoms with Gasteiger partial charge >= 0.3 is 41.5 Å². The minimum atomic E-state index is -0.639. The van der Waals surface area contributed by atoms with Crippen molar-refractivity contribution in [2.24, 2.45) is 91.7 Å². The Morgan fingerprint density at radius 3 is 1.47 bits per heavy atom. The van der Waals surface area contributed by atoms with Crippen molar-refractivity contribution in [1.82, 2.24) is 20.9 Å². The fourth-order valence-corrected chi connectivity index (χ4v) is 27.4. The number of Topliss-reactive ketones (excluding diaryl/α,β-unsaturated/α-hetero) is 2. The first-order chi connectivity index (χ1) is 56.4. The average molecular weight is 1650 g/mol. The van der Waals surface area contributed by atoms with Gasteiger partial charge in [-0.2, -0.15) is 0 Å². The molecule has 0 bridgehead atoms. The Morgan fingerprint density at radius 2 is 1.00 bits per heavy atom. The van der Waals surface area contributed by atoms with E-state index in [4.69, 9.17) is 9.47 Å². The summed E-state index contributed by atoms with van der Waals surface area (Å²) in [4.78, 5) is 122. The number of carbonyl (C=O) groups is 10. The number of ether oxygens (including phenoxy) is 2. The molecule has 2 aromatic carbocycles. The van der Waals surface area contributed by atoms with Gasteiger partial charge in [0.1, 0.15) is 17.9 Å². The zero-order valence-electron chi connectivity index (χ0n) is 74.3. The van der Waals surface area contributed by atoms with E-state index in [0.29, 0.717) is 134 Å². The zero-order chi connectivity index (χ0) is 84.6. The molecular weight excluding hydrogens is 1510 g/mol. The van der Waals surface area contributed by atoms with Crippen LogP contribution in [0, 0.1) is 91.7 Å². The molecule has 4 unspecified atom stereocenters. The number of hydrogen-bond acceptors (Lipinski definition) is 17. The maximum atomic E-state index is 12.9. The summed E-state index contributed by atoms with van der Waals surface area (Å²) in [5.74, 6) is 7.14. The minimum Gasteiger partial charge on any atom is -0.793 e. The van der Waals surface area contributed by atoms with Gasteiger partial charge in [0, 0.05) is 133 Å². The molecule has 4 heterocycles. The number of nitrogens with one attached hydrogen (secondary N) is 3. The Bertz CT molecular complexity index is 3980. The molecule has 0 aromatic heterocycles. The smallest absolute Gasteiger partial charge is 0.793 e. The maximum Gasteiger partial charge on any atom is 1.00 e. The summed E-state index contributed by atoms with van der Waals surface area (Å²) in [6.45, 7) is 28.3. The standard InChI is InChI=1S/C46H66N2O4.C28H41NO2.C18H25NO3.C4H6O4.C2H3BO2.Na/c1-31-26-40-42(48(29-31)25-11-15-35(49)14-9-6-10-24-47-41(51)19-16-33-12-7-5-8-13-33)32(2)46(52-40)23-21-38-37-18-17-34-27-36(50)20-22-43(34,3)39(37)28-45(38)30-44(45,46)4;1-16-11-23-24(29-14-16)17(2)28(31-23)10-8-21-20-6-5-18-12-19(30)7-9-25(18,3)22(20)13-27(21)15-26(27,28)4;20-15-7-11-17(21)10-5-2-6-14-19-18(22)13-12-16-8-3-1-4-9-16;1-3(5)7-8-4(2)6;1-2(4)5-3;/h5,7-8,12-13,27,31-32,37-40,42H,6,9-11,14-26,28-30H2,1-4H3,(H,47,51);12,16-17,20-24,29H,5-11,13-15H2,1-4H3;1,3-4,8-9,15H,2,5-7,10-14H2,(H,19,22);1-2H3;1H3;/q;;;;-1;+1/t31-,32+,37-,38-,39-,40+,42-,43-,44?,45?,46+;16-,17+,20-,21-,22-,23+,24-,25-,26?,27?,28+;;;;/m00..../s1. The number of aldehydes is 1. The van der Waals surface area contributed by atoms with Crippen molar-refractivity contribution in [3.63, 3.8) is 0 Å². The van der Waals surface area contributed by atoms with Gasteiger partial charge < -0.3 is 42.9 Å². The first-order valence-electron chi connectivity index (χ1n) is 46.0. The molecule has 647 valence electrons. The summed E-state index contributed by atoms with van der Waals surface area (Å²) < 4.78 is 18.4. The molecule has 119 heavy (non-hydrogen) atoms. The van der Waals surface area contributed by atoms with Crippen LogP contribution >= 0.6 is 0 Å². The number of amides is 2. The van der Waals surface area contributed by atoms with E-state index >= 15 is 0 Å². The van der Waals surface area contributed by atoms with Crippen molar-refractivity contribution in [3.8, 4) is 0 Å². The summed E-state index contributed by atoms with van der Waals surface area (Å²) in [6.07, 6.45) is 38.8. The summed E-state index contributed by atoms with van der Waals surface area (Å²) in [5.41, 5.74) is 7.44. The number of allylic oxidation sites excluding steroid dienone is 4. The minimum absolute atomic E-state index is 0. The number of nitrogens with zero attached hydrogens (tertiary/aromatic N) is 1. The SMILES string of the molecule is CC(=O)OOC(C)=O.C[C@@H]1CN[C@H]2[C@@H](C)[C@@]3(CC[C@H]4[C@@H]5CCC6=CC(=O)CC[C@]6(C)[C@H]5CC45CC53C)O[C@@H]2C1.C[C@H]1C[C@H]2O[C@]3(CC[C@H]4[C@@H]5CCC6=CC(=O)CC[C@]6(C)[C@H]5CC45CC53C)[C@H](C)[C@@H]2N(CCCC(=O)CCCCCNC(=O)CCc2ccccc2)C1.O=CCCC(=O)CCCCCNC(=O)CCc1ccccc1.[B-]OC(C)=O.[Na+]. The van der Waals surface area contributed by atoms with E-state index in [2.05, 4.69) is 123 Å². The van der Waals surface area contributed by atoms with Crippen LogP contribution in [0.15, 0.2) is 84.0 Å². The predicted molar refractivity (Wildman–Crippen MR) is 455 cm³/mol. The fourth-order valence-electron chi connectivity index (χ4n) is 27.4. The molecule has 19 nitrogen and oxygen atoms in total. The van der Waals surface area contributed by atoms with Crippen LogP contribution in [0.2, 0.25) is 0 Å². The van der Waals surface area contributed by atoms with E-state index in [9.17, 15) is 47.9 Å². The quantitative estimate of drug-likeness (QED) is 0.0274. The predicted octanol–water partition coefficient (Wildman–Crippen LogP) is 13.5. The maximum absolute atomic E-state index is 12.9. The number of piperidine rings is 2. The third-order valence-corrected chi connectivity index (χ3v) is 33.2. The van der Waals surface area contributed by atoms with Gasteiger partial charge in [-0.1, -0.05) is 140 Å². The molecule has 14 aliphatic rings. The zero-order valence-corrected chi connectivity index (χ0v) is 76.3. The van der Waals surface area contributed by atoms with Gasteiger partial charge in [-0.15, -0.1) is 0 Å². The Labute approximate surface area is 734 Å². The third-order valence-electron chi connectivity index (χ3n) is 33.2. The topological polar surface area (TPSA) is 256 Å². The average Bonchev–Trinajstić information content (AvgIpc) is 1.46. The molecule has 8 saturated carbocycles. The molecule has 4 saturated heterocycles.